The first kappa shape index (κ1) is 13.4. The van der Waals surface area contributed by atoms with Crippen LogP contribution in [0.1, 0.15) is 19.8 Å². The van der Waals surface area contributed by atoms with E-state index in [9.17, 15) is 13.2 Å². The van der Waals surface area contributed by atoms with E-state index >= 15 is 0 Å². The molecule has 0 fully saturated rings. The smallest absolute Gasteiger partial charge is 0.264 e. The number of hydrogen-bond donors (Lipinski definition) is 1. The van der Waals surface area contributed by atoms with Gasteiger partial charge in [0.2, 0.25) is 5.91 Å². The topological polar surface area (TPSA) is 63.2 Å². The summed E-state index contributed by atoms with van der Waals surface area (Å²) in [6.45, 7) is 1.85. The molecule has 1 aromatic carbocycles. The fourth-order valence-electron chi connectivity index (χ4n) is 1.24. The molecule has 0 bridgehead atoms. The fourth-order valence-corrected chi connectivity index (χ4v) is 2.28. The molecule has 0 atom stereocenters. The van der Waals surface area contributed by atoms with Crippen LogP contribution in [-0.4, -0.2) is 14.3 Å². The number of carbonyl (C=O) groups excluding carboxylic acids is 1. The van der Waals surface area contributed by atoms with Gasteiger partial charge in [0.1, 0.15) is 0 Å². The van der Waals surface area contributed by atoms with Crippen LogP contribution in [0.25, 0.3) is 0 Å². The summed E-state index contributed by atoms with van der Waals surface area (Å²) in [6, 6.07) is 7.83. The number of sulfonamides is 1. The van der Waals surface area contributed by atoms with E-state index in [1.165, 1.54) is 12.1 Å². The van der Waals surface area contributed by atoms with Crippen molar-refractivity contribution in [3.63, 3.8) is 0 Å². The van der Waals surface area contributed by atoms with Gasteiger partial charge in [-0.15, -0.1) is 0 Å². The Balaban J connectivity index is 2.65. The van der Waals surface area contributed by atoms with Crippen LogP contribution in [0.15, 0.2) is 47.4 Å². The average molecular weight is 253 g/mol. The van der Waals surface area contributed by atoms with Crippen molar-refractivity contribution >= 4 is 15.9 Å². The Bertz CT molecular complexity index is 492. The lowest BCUT2D eigenvalue weighted by atomic mass is 10.3. The third-order valence-electron chi connectivity index (χ3n) is 2.08. The number of benzene rings is 1. The summed E-state index contributed by atoms with van der Waals surface area (Å²) >= 11 is 0. The summed E-state index contributed by atoms with van der Waals surface area (Å²) in [5, 5.41) is 0. The minimum absolute atomic E-state index is 0.0967. The number of carbonyl (C=O) groups is 1. The summed E-state index contributed by atoms with van der Waals surface area (Å²) < 4.78 is 25.5. The third kappa shape index (κ3) is 4.40. The Morgan fingerprint density at radius 1 is 1.29 bits per heavy atom. The normalized spacial score (nSPS) is 11.6. The van der Waals surface area contributed by atoms with E-state index in [4.69, 9.17) is 0 Å². The van der Waals surface area contributed by atoms with Crippen molar-refractivity contribution in [3.05, 3.63) is 42.5 Å². The molecule has 1 amide bonds. The molecule has 17 heavy (non-hydrogen) atoms. The lowest BCUT2D eigenvalue weighted by Gasteiger charge is -2.05. The minimum atomic E-state index is -3.72. The molecule has 0 radical (unpaired) electrons. The summed E-state index contributed by atoms with van der Waals surface area (Å²) in [6.07, 6.45) is 4.33. The van der Waals surface area contributed by atoms with Crippen molar-refractivity contribution in [1.29, 1.82) is 0 Å². The van der Waals surface area contributed by atoms with Crippen LogP contribution < -0.4 is 4.72 Å². The Kier molecular flexibility index (Phi) is 4.90. The molecule has 92 valence electrons. The van der Waals surface area contributed by atoms with Gasteiger partial charge >= 0.3 is 0 Å². The first-order chi connectivity index (χ1) is 8.06. The van der Waals surface area contributed by atoms with Gasteiger partial charge in [-0.05, 0) is 25.5 Å². The number of rotatable bonds is 5. The van der Waals surface area contributed by atoms with E-state index in [-0.39, 0.29) is 11.3 Å². The highest BCUT2D eigenvalue weighted by atomic mass is 32.2. The van der Waals surface area contributed by atoms with Gasteiger partial charge in [0.05, 0.1) is 4.90 Å². The van der Waals surface area contributed by atoms with Crippen LogP contribution in [0, 0.1) is 0 Å². The Morgan fingerprint density at radius 2 is 1.94 bits per heavy atom. The molecule has 4 nitrogen and oxygen atoms in total. The van der Waals surface area contributed by atoms with Crippen molar-refractivity contribution < 1.29 is 13.2 Å². The molecule has 0 aliphatic rings. The van der Waals surface area contributed by atoms with Crippen LogP contribution >= 0.6 is 0 Å². The highest BCUT2D eigenvalue weighted by Crippen LogP contribution is 2.07. The largest absolute Gasteiger partial charge is 0.274 e. The predicted molar refractivity (Wildman–Crippen MR) is 65.8 cm³/mol. The van der Waals surface area contributed by atoms with Crippen LogP contribution in [0.4, 0.5) is 0 Å². The molecular formula is C12H15NO3S. The molecule has 0 unspecified atom stereocenters. The minimum Gasteiger partial charge on any atom is -0.274 e. The molecule has 0 heterocycles. The SMILES string of the molecule is CC=CCCC(=O)NS(=O)(=O)c1ccccc1. The van der Waals surface area contributed by atoms with E-state index in [1.54, 1.807) is 18.2 Å². The predicted octanol–water partition coefficient (Wildman–Crippen LogP) is 1.85. The summed E-state index contributed by atoms with van der Waals surface area (Å²) in [7, 11) is -3.72. The molecule has 0 aliphatic heterocycles. The summed E-state index contributed by atoms with van der Waals surface area (Å²) in [5.74, 6) is -0.494. The zero-order valence-electron chi connectivity index (χ0n) is 9.59. The lowest BCUT2D eigenvalue weighted by Crippen LogP contribution is -2.30. The zero-order chi connectivity index (χ0) is 12.7. The lowest BCUT2D eigenvalue weighted by molar-refractivity contribution is -0.119. The van der Waals surface area contributed by atoms with Crippen LogP contribution in [0.3, 0.4) is 0 Å². The molecule has 0 aromatic heterocycles. The van der Waals surface area contributed by atoms with E-state index in [0.717, 1.165) is 0 Å². The zero-order valence-corrected chi connectivity index (χ0v) is 10.4. The van der Waals surface area contributed by atoms with Gasteiger partial charge in [0.25, 0.3) is 10.0 Å². The van der Waals surface area contributed by atoms with Crippen LogP contribution in [0.2, 0.25) is 0 Å². The van der Waals surface area contributed by atoms with Crippen LogP contribution in [-0.2, 0) is 14.8 Å². The molecule has 1 N–H and O–H groups in total. The van der Waals surface area contributed by atoms with Gasteiger partial charge < -0.3 is 0 Å². The van der Waals surface area contributed by atoms with Crippen molar-refractivity contribution in [3.8, 4) is 0 Å². The quantitative estimate of drug-likeness (QED) is 0.814. The maximum Gasteiger partial charge on any atom is 0.264 e. The molecule has 0 saturated heterocycles. The van der Waals surface area contributed by atoms with Crippen molar-refractivity contribution in [2.24, 2.45) is 0 Å². The van der Waals surface area contributed by atoms with Gasteiger partial charge in [-0.2, -0.15) is 0 Å². The standard InChI is InChI=1S/C12H15NO3S/c1-2-3-5-10-12(14)13-17(15,16)11-8-6-4-7-9-11/h2-4,6-9H,5,10H2,1H3,(H,13,14). The van der Waals surface area contributed by atoms with Gasteiger partial charge in [-0.1, -0.05) is 30.4 Å². The first-order valence-electron chi connectivity index (χ1n) is 5.28. The Morgan fingerprint density at radius 3 is 2.53 bits per heavy atom. The second-order valence-electron chi connectivity index (χ2n) is 3.45. The highest BCUT2D eigenvalue weighted by molar-refractivity contribution is 7.90. The Hall–Kier alpha value is -1.62. The third-order valence-corrected chi connectivity index (χ3v) is 3.46. The molecule has 5 heteroatoms. The van der Waals surface area contributed by atoms with Gasteiger partial charge in [0, 0.05) is 6.42 Å². The van der Waals surface area contributed by atoms with Crippen molar-refractivity contribution in [1.82, 2.24) is 4.72 Å². The number of allylic oxidation sites excluding steroid dienone is 2. The highest BCUT2D eigenvalue weighted by Gasteiger charge is 2.16. The number of hydrogen-bond acceptors (Lipinski definition) is 3. The van der Waals surface area contributed by atoms with Crippen molar-refractivity contribution in [2.45, 2.75) is 24.7 Å². The van der Waals surface area contributed by atoms with Crippen LogP contribution in [0.5, 0.6) is 0 Å². The van der Waals surface area contributed by atoms with E-state index in [0.29, 0.717) is 6.42 Å². The maximum atomic E-state index is 11.7. The summed E-state index contributed by atoms with van der Waals surface area (Å²) in [4.78, 5) is 11.5. The maximum absolute atomic E-state index is 11.7. The van der Waals surface area contributed by atoms with Crippen molar-refractivity contribution in [2.75, 3.05) is 0 Å². The number of amides is 1. The van der Waals surface area contributed by atoms with Gasteiger partial charge in [-0.3, -0.25) is 4.79 Å². The first-order valence-corrected chi connectivity index (χ1v) is 6.76. The molecule has 0 saturated carbocycles. The van der Waals surface area contributed by atoms with E-state index in [2.05, 4.69) is 0 Å². The van der Waals surface area contributed by atoms with E-state index in [1.807, 2.05) is 23.8 Å². The fraction of sp³-hybridized carbons (Fsp3) is 0.250. The van der Waals surface area contributed by atoms with Gasteiger partial charge in [-0.25, -0.2) is 13.1 Å². The van der Waals surface area contributed by atoms with E-state index < -0.39 is 15.9 Å². The molecule has 1 rings (SSSR count). The van der Waals surface area contributed by atoms with Gasteiger partial charge in [0.15, 0.2) is 0 Å². The second-order valence-corrected chi connectivity index (χ2v) is 5.13. The monoisotopic (exact) mass is 253 g/mol. The second kappa shape index (κ2) is 6.20. The molecule has 0 spiro atoms. The molecular weight excluding hydrogens is 238 g/mol. The number of nitrogens with one attached hydrogen (secondary N) is 1. The molecule has 1 aromatic rings. The Labute approximate surface area is 101 Å². The molecule has 0 aliphatic carbocycles. The average Bonchev–Trinajstić information content (AvgIpc) is 2.30. The summed E-state index contributed by atoms with van der Waals surface area (Å²) in [5.41, 5.74) is 0.